The first kappa shape index (κ1) is 17.3. The number of hydrogen-bond acceptors (Lipinski definition) is 1. The maximum atomic E-state index is 9.25. The van der Waals surface area contributed by atoms with Crippen LogP contribution in [0.25, 0.3) is 87.6 Å². The normalized spacial score (nSPS) is 14.3. The minimum atomic E-state index is -0.421. The maximum Gasteiger partial charge on any atom is 0.135 e. The molecule has 9 rings (SSSR count). The average Bonchev–Trinajstić information content (AvgIpc) is 3.54. The zero-order chi connectivity index (χ0) is 35.3. The quantitative estimate of drug-likeness (QED) is 0.198. The Hall–Kier alpha value is -5.66. The molecule has 1 aromatic heterocycles. The monoisotopic (exact) mass is 554 g/mol. The third-order valence-corrected chi connectivity index (χ3v) is 8.32. The van der Waals surface area contributed by atoms with E-state index in [0.29, 0.717) is 22.3 Å². The topological polar surface area (TPSA) is 13.1 Å². The summed E-state index contributed by atoms with van der Waals surface area (Å²) in [7, 11) is 0. The van der Waals surface area contributed by atoms with Crippen molar-refractivity contribution < 1.29 is 15.4 Å². The number of para-hydroxylation sites is 1. The van der Waals surface area contributed by atoms with Crippen LogP contribution in [-0.4, -0.2) is 0 Å². The summed E-state index contributed by atoms with van der Waals surface area (Å²) in [6.07, 6.45) is 0. The summed E-state index contributed by atoms with van der Waals surface area (Å²) in [6, 6.07) is 31.9. The lowest BCUT2D eigenvalue weighted by Gasteiger charge is -2.19. The molecule has 0 aliphatic carbocycles. The maximum absolute atomic E-state index is 9.25. The van der Waals surface area contributed by atoms with Crippen LogP contribution in [0, 0.1) is 0 Å². The third kappa shape index (κ3) is 3.72. The number of furan rings is 1. The number of benzene rings is 8. The van der Waals surface area contributed by atoms with Crippen molar-refractivity contribution in [3.8, 4) is 33.4 Å². The van der Waals surface area contributed by atoms with Crippen molar-refractivity contribution in [1.29, 1.82) is 0 Å². The average molecular weight is 555 g/mol. The van der Waals surface area contributed by atoms with Gasteiger partial charge in [0.2, 0.25) is 0 Å². The fourth-order valence-electron chi connectivity index (χ4n) is 6.36. The van der Waals surface area contributed by atoms with Crippen molar-refractivity contribution in [3.05, 3.63) is 158 Å². The predicted octanol–water partition coefficient (Wildman–Crippen LogP) is 12.0. The lowest BCUT2D eigenvalue weighted by atomic mass is 9.84. The minimum absolute atomic E-state index is 0.195. The molecule has 200 valence electrons. The first-order valence-corrected chi connectivity index (χ1v) is 14.1. The van der Waals surface area contributed by atoms with Crippen LogP contribution in [0.15, 0.2) is 162 Å². The van der Waals surface area contributed by atoms with Gasteiger partial charge in [-0.05, 0) is 83.9 Å². The second-order valence-electron chi connectivity index (χ2n) is 10.7. The van der Waals surface area contributed by atoms with Crippen LogP contribution in [0.5, 0.6) is 0 Å². The summed E-state index contributed by atoms with van der Waals surface area (Å²) < 4.78 is 77.9. The highest BCUT2D eigenvalue weighted by Crippen LogP contribution is 2.45. The SMILES string of the molecule is [2H]c1c([2H])c([2H])c2c(-c3cccc4ccccc34)c3c([2H])c([2H])c([2H])c([2H])c3c(-c3ccc(-c4ccc5oc6ccccc6c5c4)cc3)c2c1[2H]. The number of rotatable bonds is 3. The Balaban J connectivity index is 1.40. The van der Waals surface area contributed by atoms with Gasteiger partial charge < -0.3 is 4.42 Å². The Morgan fingerprint density at radius 1 is 0.395 bits per heavy atom. The third-order valence-electron chi connectivity index (χ3n) is 8.32. The van der Waals surface area contributed by atoms with Crippen LogP contribution < -0.4 is 0 Å². The van der Waals surface area contributed by atoms with Gasteiger partial charge in [-0.2, -0.15) is 0 Å². The van der Waals surface area contributed by atoms with Gasteiger partial charge in [0.05, 0.1) is 11.0 Å². The van der Waals surface area contributed by atoms with E-state index in [2.05, 4.69) is 6.07 Å². The Morgan fingerprint density at radius 2 is 0.953 bits per heavy atom. The Kier molecular flexibility index (Phi) is 3.80. The zero-order valence-corrected chi connectivity index (χ0v) is 22.8. The van der Waals surface area contributed by atoms with Crippen LogP contribution in [0.1, 0.15) is 11.0 Å². The Morgan fingerprint density at radius 3 is 1.70 bits per heavy atom. The van der Waals surface area contributed by atoms with Crippen molar-refractivity contribution in [2.75, 3.05) is 0 Å². The van der Waals surface area contributed by atoms with Crippen LogP contribution in [0.2, 0.25) is 0 Å². The molecule has 1 nitrogen and oxygen atoms in total. The summed E-state index contributed by atoms with van der Waals surface area (Å²) >= 11 is 0. The van der Waals surface area contributed by atoms with Crippen LogP contribution in [-0.2, 0) is 0 Å². The second-order valence-corrected chi connectivity index (χ2v) is 10.7. The molecule has 0 saturated heterocycles. The summed E-state index contributed by atoms with van der Waals surface area (Å²) in [4.78, 5) is 0. The van der Waals surface area contributed by atoms with E-state index in [1.165, 1.54) is 0 Å². The van der Waals surface area contributed by atoms with Crippen molar-refractivity contribution in [3.63, 3.8) is 0 Å². The molecule has 1 heterocycles. The van der Waals surface area contributed by atoms with E-state index < -0.39 is 24.2 Å². The molecule has 1 heteroatoms. The van der Waals surface area contributed by atoms with Gasteiger partial charge >= 0.3 is 0 Å². The molecular weight excluding hydrogens is 520 g/mol. The highest BCUT2D eigenvalue weighted by atomic mass is 16.3. The number of hydrogen-bond donors (Lipinski definition) is 0. The molecule has 0 spiro atoms. The summed E-state index contributed by atoms with van der Waals surface area (Å²) in [5.74, 6) is 0. The molecule has 0 aliphatic heterocycles. The largest absolute Gasteiger partial charge is 0.456 e. The summed E-state index contributed by atoms with van der Waals surface area (Å²) in [6.45, 7) is 0. The Bertz CT molecular complexity index is 2860. The lowest BCUT2D eigenvalue weighted by molar-refractivity contribution is 0.669. The first-order chi connectivity index (χ1) is 24.7. The predicted molar refractivity (Wildman–Crippen MR) is 183 cm³/mol. The molecule has 0 saturated carbocycles. The van der Waals surface area contributed by atoms with Crippen molar-refractivity contribution in [2.24, 2.45) is 0 Å². The molecule has 0 amide bonds. The van der Waals surface area contributed by atoms with Crippen LogP contribution in [0.4, 0.5) is 0 Å². The minimum Gasteiger partial charge on any atom is -0.456 e. The van der Waals surface area contributed by atoms with Gasteiger partial charge in [-0.25, -0.2) is 0 Å². The summed E-state index contributed by atoms with van der Waals surface area (Å²) in [5, 5.41) is 4.47. The van der Waals surface area contributed by atoms with Gasteiger partial charge in [0, 0.05) is 10.8 Å². The highest BCUT2D eigenvalue weighted by molar-refractivity contribution is 6.23. The second kappa shape index (κ2) is 9.44. The van der Waals surface area contributed by atoms with Crippen molar-refractivity contribution in [2.45, 2.75) is 0 Å². The number of fused-ring (bicyclic) bond motifs is 6. The molecule has 0 N–H and O–H groups in total. The van der Waals surface area contributed by atoms with E-state index in [9.17, 15) is 5.48 Å². The van der Waals surface area contributed by atoms with E-state index in [-0.39, 0.29) is 45.7 Å². The Labute approximate surface area is 260 Å². The molecule has 9 aromatic rings. The summed E-state index contributed by atoms with van der Waals surface area (Å²) in [5.41, 5.74) is 5.28. The van der Waals surface area contributed by atoms with Gasteiger partial charge in [0.15, 0.2) is 0 Å². The standard InChI is InChI=1S/C42H26O/c1-2-12-31-28(10-1)11-9-18-33(31)42-36-16-5-3-14-34(36)41(35-15-4-6-17-37(35)42)29-22-20-27(21-23-29)30-24-25-40-38(26-30)32-13-7-8-19-39(32)43-40/h1-26H/i3D,4D,5D,6D,14D,15D,16D,17D. The molecule has 0 aliphatic rings. The molecule has 0 atom stereocenters. The highest BCUT2D eigenvalue weighted by Gasteiger charge is 2.18. The van der Waals surface area contributed by atoms with E-state index in [1.807, 2.05) is 103 Å². The van der Waals surface area contributed by atoms with Crippen LogP contribution in [0.3, 0.4) is 0 Å². The van der Waals surface area contributed by atoms with E-state index >= 15 is 0 Å². The smallest absolute Gasteiger partial charge is 0.135 e. The molecule has 0 bridgehead atoms. The first-order valence-electron chi connectivity index (χ1n) is 18.1. The molecule has 43 heavy (non-hydrogen) atoms. The van der Waals surface area contributed by atoms with Crippen molar-refractivity contribution in [1.82, 2.24) is 0 Å². The molecule has 0 fully saturated rings. The zero-order valence-electron chi connectivity index (χ0n) is 30.8. The van der Waals surface area contributed by atoms with Gasteiger partial charge in [0.25, 0.3) is 0 Å². The molecular formula is C42H26O. The molecule has 8 aromatic carbocycles. The van der Waals surface area contributed by atoms with Gasteiger partial charge in [0.1, 0.15) is 11.2 Å². The van der Waals surface area contributed by atoms with Crippen molar-refractivity contribution >= 4 is 54.3 Å². The van der Waals surface area contributed by atoms with E-state index in [1.54, 1.807) is 0 Å². The fraction of sp³-hybridized carbons (Fsp3) is 0. The lowest BCUT2D eigenvalue weighted by Crippen LogP contribution is -1.91. The van der Waals surface area contributed by atoms with Gasteiger partial charge in [-0.15, -0.1) is 0 Å². The van der Waals surface area contributed by atoms with Gasteiger partial charge in [-0.3, -0.25) is 0 Å². The fourth-order valence-corrected chi connectivity index (χ4v) is 6.36. The van der Waals surface area contributed by atoms with E-state index in [0.717, 1.165) is 43.8 Å². The molecule has 0 unspecified atom stereocenters. The molecule has 0 radical (unpaired) electrons. The van der Waals surface area contributed by atoms with Crippen LogP contribution >= 0.6 is 0 Å². The van der Waals surface area contributed by atoms with Gasteiger partial charge in [-0.1, -0.05) is 139 Å². The van der Waals surface area contributed by atoms with E-state index in [4.69, 9.17) is 9.90 Å².